The van der Waals surface area contributed by atoms with Crippen molar-refractivity contribution in [2.24, 2.45) is 0 Å². The van der Waals surface area contributed by atoms with E-state index in [-0.39, 0.29) is 11.3 Å². The molecule has 1 fully saturated rings. The third-order valence-electron chi connectivity index (χ3n) is 4.87. The molecule has 0 radical (unpaired) electrons. The van der Waals surface area contributed by atoms with Crippen molar-refractivity contribution in [3.63, 3.8) is 0 Å². The number of ether oxygens (including phenoxy) is 1. The van der Waals surface area contributed by atoms with Crippen molar-refractivity contribution >= 4 is 19.6 Å². The smallest absolute Gasteiger partial charge is 0.438 e. The average Bonchev–Trinajstić information content (AvgIpc) is 3.45. The predicted molar refractivity (Wildman–Crippen MR) is 116 cm³/mol. The summed E-state index contributed by atoms with van der Waals surface area (Å²) in [6.07, 6.45) is -5.67. The van der Waals surface area contributed by atoms with Crippen molar-refractivity contribution < 1.29 is 51.4 Å². The normalized spacial score (nSPS) is 17.3. The van der Waals surface area contributed by atoms with Crippen LogP contribution in [0.15, 0.2) is 36.5 Å². The molecular weight excluding hydrogens is 531 g/mol. The molecular formula is C19H19F4N6O7P. The number of nitrogens with zero attached hydrogens (tertiary/aromatic N) is 6. The molecule has 4 N–H and O–H groups in total. The number of hydrogen-bond donors (Lipinski definition) is 4. The lowest BCUT2D eigenvalue weighted by Gasteiger charge is -2.22. The van der Waals surface area contributed by atoms with Gasteiger partial charge in [0.05, 0.1) is 18.8 Å². The minimum Gasteiger partial charge on any atom is -0.438 e. The zero-order valence-corrected chi connectivity index (χ0v) is 19.6. The summed E-state index contributed by atoms with van der Waals surface area (Å²) >= 11 is 0. The minimum atomic E-state index is -4.64. The summed E-state index contributed by atoms with van der Waals surface area (Å²) in [4.78, 5) is 39.9. The highest BCUT2D eigenvalue weighted by molar-refractivity contribution is 7.45. The van der Waals surface area contributed by atoms with Gasteiger partial charge in [0, 0.05) is 17.3 Å². The van der Waals surface area contributed by atoms with E-state index in [0.29, 0.717) is 23.6 Å². The van der Waals surface area contributed by atoms with E-state index in [2.05, 4.69) is 25.1 Å². The Morgan fingerprint density at radius 1 is 1.24 bits per heavy atom. The van der Waals surface area contributed by atoms with Gasteiger partial charge in [-0.3, -0.25) is 9.88 Å². The lowest BCUT2D eigenvalue weighted by molar-refractivity contribution is -0.230. The Morgan fingerprint density at radius 3 is 2.43 bits per heavy atom. The van der Waals surface area contributed by atoms with Crippen molar-refractivity contribution in [3.8, 4) is 22.6 Å². The number of rotatable bonds is 6. The number of aliphatic hydroxyl groups is 1. The van der Waals surface area contributed by atoms with Gasteiger partial charge in [-0.1, -0.05) is 6.07 Å². The summed E-state index contributed by atoms with van der Waals surface area (Å²) in [5, 5.41) is 21.1. The van der Waals surface area contributed by atoms with Crippen LogP contribution in [0, 0.1) is 5.82 Å². The van der Waals surface area contributed by atoms with Crippen LogP contribution in [0.25, 0.3) is 22.6 Å². The number of aryl methyl sites for hydroxylation is 1. The number of carbonyl (C=O) groups excluding carboxylic acids is 1. The third kappa shape index (κ3) is 6.84. The fraction of sp³-hybridized carbons (Fsp3) is 0.316. The number of hydrogen-bond acceptors (Lipinski definition) is 8. The van der Waals surface area contributed by atoms with Gasteiger partial charge in [0.2, 0.25) is 5.82 Å². The molecule has 1 aliphatic rings. The number of cyclic esters (lactones) is 1. The Hall–Kier alpha value is -3.50. The monoisotopic (exact) mass is 550 g/mol. The zero-order chi connectivity index (χ0) is 27.5. The van der Waals surface area contributed by atoms with Gasteiger partial charge in [0.25, 0.3) is 6.43 Å². The topological polar surface area (TPSA) is 184 Å². The quantitative estimate of drug-likeness (QED) is 0.260. The van der Waals surface area contributed by atoms with Gasteiger partial charge in [0.15, 0.2) is 6.10 Å². The molecule has 2 aromatic heterocycles. The summed E-state index contributed by atoms with van der Waals surface area (Å²) in [7, 11) is -4.64. The van der Waals surface area contributed by atoms with E-state index in [9.17, 15) is 27.5 Å². The molecule has 1 aromatic carbocycles. The number of benzene rings is 1. The van der Waals surface area contributed by atoms with Crippen LogP contribution in [0.3, 0.4) is 0 Å². The van der Waals surface area contributed by atoms with Crippen LogP contribution in [0.2, 0.25) is 0 Å². The van der Waals surface area contributed by atoms with Gasteiger partial charge >= 0.3 is 19.8 Å². The summed E-state index contributed by atoms with van der Waals surface area (Å²) in [5.74, 6) is -4.45. The lowest BCUT2D eigenvalue weighted by Crippen LogP contribution is -2.46. The molecule has 0 spiro atoms. The van der Waals surface area contributed by atoms with E-state index in [0.717, 1.165) is 11.0 Å². The predicted octanol–water partition coefficient (Wildman–Crippen LogP) is 1.88. The van der Waals surface area contributed by atoms with E-state index in [1.54, 1.807) is 12.1 Å². The number of alkyl halides is 3. The average molecular weight is 550 g/mol. The van der Waals surface area contributed by atoms with Crippen molar-refractivity contribution in [2.75, 3.05) is 11.4 Å². The van der Waals surface area contributed by atoms with E-state index < -0.39 is 44.7 Å². The Bertz CT molecular complexity index is 1300. The SMILES string of the molecule is CCn1nnc(-c2ccc(-c3ccc(N4CC(C(O)(F)C(F)F)OC4=O)cc3F)cn2)n1.O=P(O)(O)O. The van der Waals surface area contributed by atoms with Crippen LogP contribution in [0.4, 0.5) is 28.0 Å². The van der Waals surface area contributed by atoms with Crippen LogP contribution in [-0.4, -0.2) is 76.0 Å². The van der Waals surface area contributed by atoms with Crippen LogP contribution in [0.1, 0.15) is 6.92 Å². The minimum absolute atomic E-state index is 0.0474. The number of halogens is 4. The molecule has 0 saturated carbocycles. The second kappa shape index (κ2) is 10.9. The molecule has 200 valence electrons. The van der Waals surface area contributed by atoms with Gasteiger partial charge in [0.1, 0.15) is 11.5 Å². The summed E-state index contributed by atoms with van der Waals surface area (Å²) in [5.41, 5.74) is 0.956. The maximum absolute atomic E-state index is 14.8. The largest absolute Gasteiger partial charge is 0.466 e. The van der Waals surface area contributed by atoms with Crippen LogP contribution >= 0.6 is 7.82 Å². The van der Waals surface area contributed by atoms with Crippen LogP contribution < -0.4 is 4.90 Å². The molecule has 2 atom stereocenters. The summed E-state index contributed by atoms with van der Waals surface area (Å²) < 4.78 is 67.2. The number of carbonyl (C=O) groups is 1. The highest BCUT2D eigenvalue weighted by Crippen LogP contribution is 2.33. The first-order valence-corrected chi connectivity index (χ1v) is 11.8. The Kier molecular flexibility index (Phi) is 8.24. The highest BCUT2D eigenvalue weighted by Gasteiger charge is 2.53. The number of aromatic nitrogens is 5. The van der Waals surface area contributed by atoms with Crippen molar-refractivity contribution in [1.29, 1.82) is 0 Å². The molecule has 3 heterocycles. The number of amides is 1. The first-order chi connectivity index (χ1) is 17.2. The first-order valence-electron chi connectivity index (χ1n) is 10.2. The fourth-order valence-electron chi connectivity index (χ4n) is 3.10. The maximum Gasteiger partial charge on any atom is 0.466 e. The second-order valence-corrected chi connectivity index (χ2v) is 8.45. The standard InChI is InChI=1S/C19H16F4N6O3.H3O4P/c1-2-29-26-16(25-27-29)14-6-3-10(8-24-14)12-5-4-11(7-13(12)20)28-9-15(32-18(28)30)19(23,31)17(21)22;1-5(2,3)4/h3-8,15,17,31H,2,9H2,1H3;(H3,1,2,3,4). The lowest BCUT2D eigenvalue weighted by atomic mass is 10.1. The molecule has 13 nitrogen and oxygen atoms in total. The molecule has 1 saturated heterocycles. The number of anilines is 1. The van der Waals surface area contributed by atoms with Gasteiger partial charge in [-0.25, -0.2) is 26.9 Å². The molecule has 4 rings (SSSR count). The molecule has 37 heavy (non-hydrogen) atoms. The molecule has 0 aliphatic carbocycles. The Morgan fingerprint density at radius 2 is 1.92 bits per heavy atom. The molecule has 3 aromatic rings. The van der Waals surface area contributed by atoms with Crippen molar-refractivity contribution in [3.05, 3.63) is 42.3 Å². The first kappa shape index (κ1) is 28.1. The van der Waals surface area contributed by atoms with Crippen LogP contribution in [0.5, 0.6) is 0 Å². The zero-order valence-electron chi connectivity index (χ0n) is 18.7. The van der Waals surface area contributed by atoms with Gasteiger partial charge in [-0.15, -0.1) is 10.2 Å². The Balaban J connectivity index is 0.000000695. The van der Waals surface area contributed by atoms with Gasteiger partial charge in [-0.2, -0.15) is 4.80 Å². The summed E-state index contributed by atoms with van der Waals surface area (Å²) in [6, 6.07) is 6.85. The van der Waals surface area contributed by atoms with E-state index >= 15 is 0 Å². The van der Waals surface area contributed by atoms with E-state index in [1.165, 1.54) is 23.1 Å². The van der Waals surface area contributed by atoms with Crippen LogP contribution in [-0.2, 0) is 15.8 Å². The van der Waals surface area contributed by atoms with Gasteiger partial charge in [-0.05, 0) is 36.4 Å². The molecule has 0 bridgehead atoms. The number of pyridine rings is 1. The molecule has 1 aliphatic heterocycles. The van der Waals surface area contributed by atoms with E-state index in [4.69, 9.17) is 19.2 Å². The van der Waals surface area contributed by atoms with Crippen molar-refractivity contribution in [2.45, 2.75) is 31.9 Å². The number of phosphoric acid groups is 1. The van der Waals surface area contributed by atoms with Crippen molar-refractivity contribution in [1.82, 2.24) is 25.2 Å². The maximum atomic E-state index is 14.8. The molecule has 1 amide bonds. The van der Waals surface area contributed by atoms with E-state index in [1.807, 2.05) is 6.92 Å². The number of tetrazole rings is 1. The highest BCUT2D eigenvalue weighted by atomic mass is 31.2. The van der Waals surface area contributed by atoms with Gasteiger partial charge < -0.3 is 24.5 Å². The molecule has 18 heteroatoms. The fourth-order valence-corrected chi connectivity index (χ4v) is 3.10. The Labute approximate surface area is 205 Å². The molecule has 2 unspecified atom stereocenters. The second-order valence-electron chi connectivity index (χ2n) is 7.42. The summed E-state index contributed by atoms with van der Waals surface area (Å²) in [6.45, 7) is 1.68. The third-order valence-corrected chi connectivity index (χ3v) is 4.87.